The van der Waals surface area contributed by atoms with Crippen molar-refractivity contribution in [3.63, 3.8) is 0 Å². The lowest BCUT2D eigenvalue weighted by molar-refractivity contribution is 0.246. The second kappa shape index (κ2) is 6.30. The first-order valence-corrected chi connectivity index (χ1v) is 7.87. The van der Waals surface area contributed by atoms with Crippen LogP contribution >= 0.6 is 15.9 Å². The van der Waals surface area contributed by atoms with E-state index >= 15 is 0 Å². The van der Waals surface area contributed by atoms with E-state index in [9.17, 15) is 0 Å². The van der Waals surface area contributed by atoms with Crippen LogP contribution in [0.1, 0.15) is 55.6 Å². The van der Waals surface area contributed by atoms with Crippen molar-refractivity contribution in [2.75, 3.05) is 7.11 Å². The van der Waals surface area contributed by atoms with Gasteiger partial charge in [0.05, 0.1) is 7.11 Å². The SMILES string of the molecule is COc1c(C)cc(C(Br)CC(C)C(C)(C)C)cc1C. The highest BCUT2D eigenvalue weighted by Gasteiger charge is 2.23. The van der Waals surface area contributed by atoms with Crippen LogP contribution in [0.5, 0.6) is 5.75 Å². The number of methoxy groups -OCH3 is 1. The van der Waals surface area contributed by atoms with E-state index in [0.29, 0.717) is 16.2 Å². The largest absolute Gasteiger partial charge is 0.496 e. The number of halogens is 1. The smallest absolute Gasteiger partial charge is 0.124 e. The summed E-state index contributed by atoms with van der Waals surface area (Å²) in [6.45, 7) is 13.5. The van der Waals surface area contributed by atoms with Gasteiger partial charge in [0.25, 0.3) is 0 Å². The first-order valence-electron chi connectivity index (χ1n) is 6.96. The molecule has 2 atom stereocenters. The van der Waals surface area contributed by atoms with Crippen LogP contribution in [0.4, 0.5) is 0 Å². The van der Waals surface area contributed by atoms with Gasteiger partial charge < -0.3 is 4.74 Å². The van der Waals surface area contributed by atoms with Gasteiger partial charge in [-0.2, -0.15) is 0 Å². The third-order valence-corrected chi connectivity index (χ3v) is 4.99. The van der Waals surface area contributed by atoms with Gasteiger partial charge in [0.15, 0.2) is 0 Å². The van der Waals surface area contributed by atoms with Gasteiger partial charge in [-0.3, -0.25) is 0 Å². The standard InChI is InChI=1S/C17H27BrO/c1-11-8-14(9-12(2)16(11)19-7)15(18)10-13(3)17(4,5)6/h8-9,13,15H,10H2,1-7H3. The van der Waals surface area contributed by atoms with Crippen LogP contribution in [0.15, 0.2) is 12.1 Å². The molecule has 0 aliphatic heterocycles. The summed E-state index contributed by atoms with van der Waals surface area (Å²) in [6, 6.07) is 4.47. The maximum Gasteiger partial charge on any atom is 0.124 e. The maximum absolute atomic E-state index is 5.43. The quantitative estimate of drug-likeness (QED) is 0.633. The normalized spacial score (nSPS) is 15.2. The minimum absolute atomic E-state index is 0.350. The zero-order chi connectivity index (χ0) is 14.8. The molecule has 0 radical (unpaired) electrons. The van der Waals surface area contributed by atoms with Crippen molar-refractivity contribution in [2.45, 2.75) is 52.8 Å². The number of alkyl halides is 1. The first-order chi connectivity index (χ1) is 8.66. The van der Waals surface area contributed by atoms with Crippen molar-refractivity contribution in [3.05, 3.63) is 28.8 Å². The predicted molar refractivity (Wildman–Crippen MR) is 87.4 cm³/mol. The number of hydrogen-bond donors (Lipinski definition) is 0. The molecule has 0 saturated heterocycles. The summed E-state index contributed by atoms with van der Waals surface area (Å²) in [5, 5.41) is 0. The maximum atomic E-state index is 5.43. The highest BCUT2D eigenvalue weighted by atomic mass is 79.9. The lowest BCUT2D eigenvalue weighted by atomic mass is 9.79. The monoisotopic (exact) mass is 326 g/mol. The Kier molecular flexibility index (Phi) is 5.49. The molecule has 0 heterocycles. The molecular weight excluding hydrogens is 300 g/mol. The average Bonchev–Trinajstić information content (AvgIpc) is 2.27. The summed E-state index contributed by atoms with van der Waals surface area (Å²) in [5.74, 6) is 1.67. The second-order valence-corrected chi connectivity index (χ2v) is 7.76. The van der Waals surface area contributed by atoms with E-state index in [1.54, 1.807) is 7.11 Å². The molecule has 1 aromatic carbocycles. The Morgan fingerprint density at radius 3 is 2.00 bits per heavy atom. The third-order valence-electron chi connectivity index (χ3n) is 4.09. The van der Waals surface area contributed by atoms with E-state index in [2.05, 4.69) is 69.6 Å². The zero-order valence-electron chi connectivity index (χ0n) is 13.3. The number of hydrogen-bond acceptors (Lipinski definition) is 1. The van der Waals surface area contributed by atoms with E-state index in [1.165, 1.54) is 16.7 Å². The van der Waals surface area contributed by atoms with Crippen LogP contribution in [-0.2, 0) is 0 Å². The van der Waals surface area contributed by atoms with Gasteiger partial charge in [-0.25, -0.2) is 0 Å². The van der Waals surface area contributed by atoms with Crippen LogP contribution in [0, 0.1) is 25.2 Å². The number of ether oxygens (including phenoxy) is 1. The average molecular weight is 327 g/mol. The number of rotatable bonds is 4. The van der Waals surface area contributed by atoms with Crippen molar-refractivity contribution in [1.29, 1.82) is 0 Å². The molecule has 0 saturated carbocycles. The van der Waals surface area contributed by atoms with Crippen LogP contribution in [0.25, 0.3) is 0 Å². The van der Waals surface area contributed by atoms with Gasteiger partial charge in [0.1, 0.15) is 5.75 Å². The molecule has 0 aliphatic carbocycles. The molecule has 0 N–H and O–H groups in total. The van der Waals surface area contributed by atoms with Crippen molar-refractivity contribution >= 4 is 15.9 Å². The summed E-state index contributed by atoms with van der Waals surface area (Å²) in [6.07, 6.45) is 1.15. The van der Waals surface area contributed by atoms with Crippen LogP contribution in [0.3, 0.4) is 0 Å². The Labute approximate surface area is 126 Å². The molecule has 0 fully saturated rings. The summed E-state index contributed by atoms with van der Waals surface area (Å²) in [4.78, 5) is 0.407. The van der Waals surface area contributed by atoms with Gasteiger partial charge in [0, 0.05) is 4.83 Å². The topological polar surface area (TPSA) is 9.23 Å². The fourth-order valence-corrected chi connectivity index (χ4v) is 3.11. The van der Waals surface area contributed by atoms with E-state index in [0.717, 1.165) is 12.2 Å². The Morgan fingerprint density at radius 1 is 1.16 bits per heavy atom. The molecule has 1 nitrogen and oxygen atoms in total. The van der Waals surface area contributed by atoms with Crippen molar-refractivity contribution in [2.24, 2.45) is 11.3 Å². The molecule has 1 rings (SSSR count). The lowest BCUT2D eigenvalue weighted by Gasteiger charge is -2.29. The van der Waals surface area contributed by atoms with Gasteiger partial charge in [-0.15, -0.1) is 0 Å². The molecule has 0 spiro atoms. The molecule has 0 amide bonds. The summed E-state index contributed by atoms with van der Waals surface area (Å²) < 4.78 is 5.43. The van der Waals surface area contributed by atoms with E-state index in [4.69, 9.17) is 4.74 Å². The molecule has 2 heteroatoms. The zero-order valence-corrected chi connectivity index (χ0v) is 14.9. The minimum Gasteiger partial charge on any atom is -0.496 e. The molecular formula is C17H27BrO. The van der Waals surface area contributed by atoms with Gasteiger partial charge in [-0.05, 0) is 48.3 Å². The lowest BCUT2D eigenvalue weighted by Crippen LogP contribution is -2.18. The second-order valence-electron chi connectivity index (χ2n) is 6.66. The molecule has 0 aliphatic rings. The fraction of sp³-hybridized carbons (Fsp3) is 0.647. The molecule has 0 aromatic heterocycles. The van der Waals surface area contributed by atoms with Gasteiger partial charge in [0.2, 0.25) is 0 Å². The van der Waals surface area contributed by atoms with Crippen LogP contribution in [-0.4, -0.2) is 7.11 Å². The third kappa shape index (κ3) is 4.24. The van der Waals surface area contributed by atoms with E-state index in [1.807, 2.05) is 0 Å². The van der Waals surface area contributed by atoms with Crippen LogP contribution < -0.4 is 4.74 Å². The van der Waals surface area contributed by atoms with Crippen molar-refractivity contribution < 1.29 is 4.74 Å². The summed E-state index contributed by atoms with van der Waals surface area (Å²) in [7, 11) is 1.74. The molecule has 0 bridgehead atoms. The minimum atomic E-state index is 0.350. The van der Waals surface area contributed by atoms with Crippen molar-refractivity contribution in [1.82, 2.24) is 0 Å². The van der Waals surface area contributed by atoms with Crippen LogP contribution in [0.2, 0.25) is 0 Å². The molecule has 108 valence electrons. The van der Waals surface area contributed by atoms with Gasteiger partial charge >= 0.3 is 0 Å². The Morgan fingerprint density at radius 2 is 1.63 bits per heavy atom. The Balaban J connectivity index is 2.92. The summed E-state index contributed by atoms with van der Waals surface area (Å²) >= 11 is 3.85. The predicted octanol–water partition coefficient (Wildman–Crippen LogP) is 5.82. The molecule has 19 heavy (non-hydrogen) atoms. The highest BCUT2D eigenvalue weighted by Crippen LogP contribution is 2.39. The summed E-state index contributed by atoms with van der Waals surface area (Å²) in [5.41, 5.74) is 4.13. The Hall–Kier alpha value is -0.500. The van der Waals surface area contributed by atoms with Crippen molar-refractivity contribution in [3.8, 4) is 5.75 Å². The first kappa shape index (κ1) is 16.6. The molecule has 2 unspecified atom stereocenters. The fourth-order valence-electron chi connectivity index (χ4n) is 2.29. The van der Waals surface area contributed by atoms with E-state index in [-0.39, 0.29) is 0 Å². The Bertz CT molecular complexity index is 408. The molecule has 1 aromatic rings. The van der Waals surface area contributed by atoms with E-state index < -0.39 is 0 Å². The number of benzene rings is 1. The number of aryl methyl sites for hydroxylation is 2. The van der Waals surface area contributed by atoms with Gasteiger partial charge in [-0.1, -0.05) is 55.8 Å². The highest BCUT2D eigenvalue weighted by molar-refractivity contribution is 9.09.